The molecule has 1 aliphatic rings. The van der Waals surface area contributed by atoms with E-state index in [1.54, 1.807) is 0 Å². The number of carbonyl (C=O) groups is 1. The first kappa shape index (κ1) is 17.5. The minimum absolute atomic E-state index is 0.0615. The second kappa shape index (κ2) is 7.76. The fourth-order valence-corrected chi connectivity index (χ4v) is 3.58. The molecule has 3 aromatic rings. The lowest BCUT2D eigenvalue weighted by molar-refractivity contribution is -0.122. The summed E-state index contributed by atoms with van der Waals surface area (Å²) in [5, 5.41) is 10.7. The van der Waals surface area contributed by atoms with Crippen LogP contribution < -0.4 is 5.32 Å². The topological polar surface area (TPSA) is 61.0 Å². The van der Waals surface area contributed by atoms with Gasteiger partial charge in [-0.25, -0.2) is 0 Å². The Balaban J connectivity index is 1.39. The number of aryl methyl sites for hydroxylation is 1. The molecule has 0 aliphatic carbocycles. The molecule has 1 aromatic heterocycles. The van der Waals surface area contributed by atoms with E-state index in [1.165, 1.54) is 16.8 Å². The summed E-state index contributed by atoms with van der Waals surface area (Å²) < 4.78 is 0. The summed E-state index contributed by atoms with van der Waals surface area (Å²) in [6, 6.07) is 18.3. The van der Waals surface area contributed by atoms with Crippen molar-refractivity contribution >= 4 is 5.91 Å². The molecule has 0 radical (unpaired) electrons. The van der Waals surface area contributed by atoms with E-state index in [9.17, 15) is 4.79 Å². The van der Waals surface area contributed by atoms with Gasteiger partial charge in [-0.15, -0.1) is 0 Å². The van der Waals surface area contributed by atoms with Crippen molar-refractivity contribution in [1.29, 1.82) is 0 Å². The first-order valence-electron chi connectivity index (χ1n) is 9.36. The lowest BCUT2D eigenvalue weighted by Gasteiger charge is -2.26. The molecule has 5 heteroatoms. The summed E-state index contributed by atoms with van der Waals surface area (Å²) in [5.41, 5.74) is 6.86. The largest absolute Gasteiger partial charge is 0.351 e. The van der Waals surface area contributed by atoms with E-state index in [1.807, 2.05) is 30.3 Å². The Morgan fingerprint density at radius 3 is 2.74 bits per heavy atom. The highest BCUT2D eigenvalue weighted by atomic mass is 16.2. The number of nitrogens with zero attached hydrogens (tertiary/aromatic N) is 2. The number of benzene rings is 2. The molecule has 0 spiro atoms. The zero-order valence-electron chi connectivity index (χ0n) is 15.5. The van der Waals surface area contributed by atoms with Gasteiger partial charge in [0, 0.05) is 42.9 Å². The van der Waals surface area contributed by atoms with E-state index in [-0.39, 0.29) is 5.91 Å². The highest BCUT2D eigenvalue weighted by Gasteiger charge is 2.23. The molecule has 2 N–H and O–H groups in total. The number of H-pyrrole nitrogens is 1. The second-order valence-corrected chi connectivity index (χ2v) is 7.06. The van der Waals surface area contributed by atoms with Crippen LogP contribution in [-0.2, 0) is 24.3 Å². The van der Waals surface area contributed by atoms with Gasteiger partial charge in [-0.3, -0.25) is 14.8 Å². The molecule has 0 saturated heterocycles. The minimum atomic E-state index is 0.0615. The quantitative estimate of drug-likeness (QED) is 0.735. The van der Waals surface area contributed by atoms with Gasteiger partial charge in [0.25, 0.3) is 0 Å². The van der Waals surface area contributed by atoms with Gasteiger partial charge in [0.1, 0.15) is 0 Å². The predicted octanol–water partition coefficient (Wildman–Crippen LogP) is 3.06. The number of nitrogens with one attached hydrogen (secondary N) is 2. The van der Waals surface area contributed by atoms with Crippen molar-refractivity contribution in [3.63, 3.8) is 0 Å². The third kappa shape index (κ3) is 3.93. The summed E-state index contributed by atoms with van der Waals surface area (Å²) in [6.07, 6.45) is 0.889. The number of rotatable bonds is 5. The molecule has 2 heterocycles. The van der Waals surface area contributed by atoms with Crippen LogP contribution in [0.3, 0.4) is 0 Å². The van der Waals surface area contributed by atoms with Gasteiger partial charge >= 0.3 is 0 Å². The molecule has 0 unspecified atom stereocenters. The Hall–Kier alpha value is -2.92. The van der Waals surface area contributed by atoms with E-state index in [2.05, 4.69) is 51.6 Å². The van der Waals surface area contributed by atoms with Gasteiger partial charge in [-0.1, -0.05) is 54.6 Å². The smallest absolute Gasteiger partial charge is 0.234 e. The Morgan fingerprint density at radius 1 is 1.15 bits per heavy atom. The van der Waals surface area contributed by atoms with Crippen molar-refractivity contribution < 1.29 is 4.79 Å². The van der Waals surface area contributed by atoms with Crippen LogP contribution in [0.2, 0.25) is 0 Å². The van der Waals surface area contributed by atoms with Gasteiger partial charge in [-0.2, -0.15) is 5.10 Å². The van der Waals surface area contributed by atoms with Crippen molar-refractivity contribution in [2.24, 2.45) is 0 Å². The number of hydrogen-bond acceptors (Lipinski definition) is 3. The Morgan fingerprint density at radius 2 is 1.93 bits per heavy atom. The van der Waals surface area contributed by atoms with Crippen LogP contribution in [0.15, 0.2) is 54.6 Å². The average molecular weight is 360 g/mol. The Kier molecular flexibility index (Phi) is 5.03. The third-order valence-electron chi connectivity index (χ3n) is 5.16. The van der Waals surface area contributed by atoms with Gasteiger partial charge in [0.15, 0.2) is 0 Å². The fraction of sp³-hybridized carbons (Fsp3) is 0.273. The summed E-state index contributed by atoms with van der Waals surface area (Å²) >= 11 is 0. The minimum Gasteiger partial charge on any atom is -0.351 e. The van der Waals surface area contributed by atoms with Crippen molar-refractivity contribution in [2.45, 2.75) is 26.4 Å². The van der Waals surface area contributed by atoms with Gasteiger partial charge in [0.2, 0.25) is 5.91 Å². The van der Waals surface area contributed by atoms with Gasteiger partial charge in [0.05, 0.1) is 12.2 Å². The lowest BCUT2D eigenvalue weighted by atomic mass is 10.0. The highest BCUT2D eigenvalue weighted by molar-refractivity contribution is 5.78. The molecular formula is C22H24N4O. The van der Waals surface area contributed by atoms with Crippen LogP contribution >= 0.6 is 0 Å². The van der Waals surface area contributed by atoms with Crippen molar-refractivity contribution in [3.05, 3.63) is 77.0 Å². The number of aromatic nitrogens is 2. The zero-order valence-corrected chi connectivity index (χ0v) is 15.5. The molecular weight excluding hydrogens is 336 g/mol. The summed E-state index contributed by atoms with van der Waals surface area (Å²) in [6.45, 7) is 4.66. The number of amides is 1. The van der Waals surface area contributed by atoms with Crippen LogP contribution in [-0.4, -0.2) is 34.1 Å². The molecule has 5 nitrogen and oxygen atoms in total. The summed E-state index contributed by atoms with van der Waals surface area (Å²) in [4.78, 5) is 14.6. The summed E-state index contributed by atoms with van der Waals surface area (Å²) in [5.74, 6) is 0.0615. The van der Waals surface area contributed by atoms with Gasteiger partial charge < -0.3 is 5.32 Å². The number of fused-ring (bicyclic) bond motifs is 1. The van der Waals surface area contributed by atoms with Crippen LogP contribution in [0.25, 0.3) is 11.3 Å². The molecule has 0 fully saturated rings. The van der Waals surface area contributed by atoms with Crippen LogP contribution in [0.5, 0.6) is 0 Å². The lowest BCUT2D eigenvalue weighted by Crippen LogP contribution is -2.39. The third-order valence-corrected chi connectivity index (χ3v) is 5.16. The van der Waals surface area contributed by atoms with Crippen molar-refractivity contribution in [3.8, 4) is 11.3 Å². The molecule has 2 aromatic carbocycles. The van der Waals surface area contributed by atoms with E-state index >= 15 is 0 Å². The molecule has 138 valence electrons. The maximum Gasteiger partial charge on any atom is 0.234 e. The molecule has 4 rings (SSSR count). The fourth-order valence-electron chi connectivity index (χ4n) is 3.58. The monoisotopic (exact) mass is 360 g/mol. The Labute approximate surface area is 159 Å². The molecule has 0 bridgehead atoms. The van der Waals surface area contributed by atoms with E-state index in [0.717, 1.165) is 36.3 Å². The molecule has 1 aliphatic heterocycles. The first-order chi connectivity index (χ1) is 13.2. The molecule has 1 amide bonds. The average Bonchev–Trinajstić information content (AvgIpc) is 3.11. The maximum atomic E-state index is 12.4. The highest BCUT2D eigenvalue weighted by Crippen LogP contribution is 2.27. The maximum absolute atomic E-state index is 12.4. The van der Waals surface area contributed by atoms with E-state index in [0.29, 0.717) is 13.1 Å². The zero-order chi connectivity index (χ0) is 18.6. The van der Waals surface area contributed by atoms with Gasteiger partial charge in [-0.05, 0) is 18.1 Å². The second-order valence-electron chi connectivity index (χ2n) is 7.06. The standard InChI is InChI=1S/C22H24N4O/c1-16-7-5-6-10-18(16)13-23-21(27)15-26-12-11-20-19(14-26)22(25-24-20)17-8-3-2-4-9-17/h2-10H,11-15H2,1H3,(H,23,27)(H,24,25). The first-order valence-corrected chi connectivity index (χ1v) is 9.36. The van der Waals surface area contributed by atoms with Crippen LogP contribution in [0.1, 0.15) is 22.4 Å². The Bertz CT molecular complexity index is 932. The SMILES string of the molecule is Cc1ccccc1CNC(=O)CN1CCc2[nH]nc(-c3ccccc3)c2C1. The molecule has 27 heavy (non-hydrogen) atoms. The van der Waals surface area contributed by atoms with E-state index < -0.39 is 0 Å². The number of carbonyl (C=O) groups excluding carboxylic acids is 1. The van der Waals surface area contributed by atoms with Crippen molar-refractivity contribution in [2.75, 3.05) is 13.1 Å². The number of aromatic amines is 1. The number of hydrogen-bond donors (Lipinski definition) is 2. The van der Waals surface area contributed by atoms with Crippen LogP contribution in [0, 0.1) is 6.92 Å². The predicted molar refractivity (Wildman–Crippen MR) is 106 cm³/mol. The molecule has 0 saturated carbocycles. The normalized spacial score (nSPS) is 14.0. The molecule has 0 atom stereocenters. The van der Waals surface area contributed by atoms with Crippen molar-refractivity contribution in [1.82, 2.24) is 20.4 Å². The van der Waals surface area contributed by atoms with E-state index in [4.69, 9.17) is 0 Å². The summed E-state index contributed by atoms with van der Waals surface area (Å²) in [7, 11) is 0. The van der Waals surface area contributed by atoms with Crippen LogP contribution in [0.4, 0.5) is 0 Å².